The van der Waals surface area contributed by atoms with Gasteiger partial charge in [-0.2, -0.15) is 0 Å². The molecule has 3 aromatic carbocycles. The van der Waals surface area contributed by atoms with Crippen LogP contribution in [0, 0.1) is 0 Å². The van der Waals surface area contributed by atoms with Crippen molar-refractivity contribution in [3.05, 3.63) is 108 Å². The maximum Gasteiger partial charge on any atom is 0.0794 e. The maximum atomic E-state index is 4.04. The molecular weight excluding hydrogens is 320 g/mol. The molecule has 0 amide bonds. The normalized spacial score (nSPS) is 11.3. The zero-order valence-corrected chi connectivity index (χ0v) is 13.3. The fourth-order valence-electron chi connectivity index (χ4n) is 2.65. The van der Waals surface area contributed by atoms with Crippen LogP contribution in [0.25, 0.3) is 0 Å². The summed E-state index contributed by atoms with van der Waals surface area (Å²) in [6.07, 6.45) is 0.919. The number of hydrogen-bond acceptors (Lipinski definition) is 0. The van der Waals surface area contributed by atoms with Crippen molar-refractivity contribution in [1.82, 2.24) is 0 Å². The van der Waals surface area contributed by atoms with Crippen LogP contribution >= 0.6 is 15.9 Å². The number of alkyl halides is 1. The molecule has 0 unspecified atom stereocenters. The van der Waals surface area contributed by atoms with Crippen LogP contribution < -0.4 is 0 Å². The topological polar surface area (TPSA) is 0 Å². The number of benzene rings is 3. The van der Waals surface area contributed by atoms with Gasteiger partial charge in [-0.1, -0.05) is 107 Å². The Balaban J connectivity index is 2.07. The van der Waals surface area contributed by atoms with E-state index in [0.29, 0.717) is 0 Å². The van der Waals surface area contributed by atoms with E-state index in [9.17, 15) is 0 Å². The lowest BCUT2D eigenvalue weighted by Gasteiger charge is -2.29. The van der Waals surface area contributed by atoms with Crippen molar-refractivity contribution in [1.29, 1.82) is 0 Å². The molecule has 0 aliphatic rings. The van der Waals surface area contributed by atoms with Crippen molar-refractivity contribution < 1.29 is 0 Å². The van der Waals surface area contributed by atoms with E-state index in [1.807, 2.05) is 0 Å². The molecule has 104 valence electrons. The Morgan fingerprint density at radius 2 is 0.952 bits per heavy atom. The van der Waals surface area contributed by atoms with Gasteiger partial charge in [0.1, 0.15) is 0 Å². The van der Waals surface area contributed by atoms with Crippen molar-refractivity contribution in [3.8, 4) is 0 Å². The van der Waals surface area contributed by atoms with E-state index in [0.717, 1.165) is 6.42 Å². The Kier molecular flexibility index (Phi) is 4.21. The minimum absolute atomic E-state index is 0.198. The molecule has 0 spiro atoms. The van der Waals surface area contributed by atoms with E-state index in [2.05, 4.69) is 107 Å². The van der Waals surface area contributed by atoms with E-state index >= 15 is 0 Å². The molecular formula is C20H17Br. The predicted molar refractivity (Wildman–Crippen MR) is 92.7 cm³/mol. The van der Waals surface area contributed by atoms with Gasteiger partial charge in [0.25, 0.3) is 0 Å². The molecule has 0 atom stereocenters. The van der Waals surface area contributed by atoms with Gasteiger partial charge in [0, 0.05) is 0 Å². The highest BCUT2D eigenvalue weighted by Gasteiger charge is 2.31. The highest BCUT2D eigenvalue weighted by Crippen LogP contribution is 2.41. The molecule has 0 fully saturated rings. The van der Waals surface area contributed by atoms with E-state index in [1.54, 1.807) is 0 Å². The van der Waals surface area contributed by atoms with Gasteiger partial charge in [0.2, 0.25) is 0 Å². The Bertz CT molecular complexity index is 635. The average Bonchev–Trinajstić information content (AvgIpc) is 2.57. The summed E-state index contributed by atoms with van der Waals surface area (Å²) >= 11 is 4.04. The lowest BCUT2D eigenvalue weighted by Crippen LogP contribution is -2.23. The Morgan fingerprint density at radius 3 is 1.38 bits per heavy atom. The number of rotatable bonds is 4. The maximum absolute atomic E-state index is 4.04. The van der Waals surface area contributed by atoms with Gasteiger partial charge < -0.3 is 0 Å². The van der Waals surface area contributed by atoms with Crippen molar-refractivity contribution in [2.75, 3.05) is 0 Å². The summed E-state index contributed by atoms with van der Waals surface area (Å²) in [7, 11) is 0. The summed E-state index contributed by atoms with van der Waals surface area (Å²) in [5.74, 6) is 0. The van der Waals surface area contributed by atoms with Crippen LogP contribution in [0.3, 0.4) is 0 Å². The van der Waals surface area contributed by atoms with E-state index < -0.39 is 0 Å². The van der Waals surface area contributed by atoms with Gasteiger partial charge >= 0.3 is 0 Å². The van der Waals surface area contributed by atoms with Gasteiger partial charge in [-0.25, -0.2) is 0 Å². The molecule has 0 heterocycles. The first-order chi connectivity index (χ1) is 10.3. The Morgan fingerprint density at radius 1 is 0.571 bits per heavy atom. The minimum Gasteiger partial charge on any atom is -0.0745 e. The lowest BCUT2D eigenvalue weighted by atomic mass is 9.86. The number of halogens is 1. The third kappa shape index (κ3) is 3.08. The van der Waals surface area contributed by atoms with Crippen LogP contribution in [0.4, 0.5) is 0 Å². The highest BCUT2D eigenvalue weighted by atomic mass is 79.9. The molecule has 0 aliphatic heterocycles. The van der Waals surface area contributed by atoms with Crippen LogP contribution in [0.15, 0.2) is 91.0 Å². The van der Waals surface area contributed by atoms with Crippen molar-refractivity contribution >= 4 is 15.9 Å². The third-order valence-corrected chi connectivity index (χ3v) is 4.95. The molecule has 0 aliphatic carbocycles. The van der Waals surface area contributed by atoms with Gasteiger partial charge in [-0.15, -0.1) is 0 Å². The number of hydrogen-bond donors (Lipinski definition) is 0. The second kappa shape index (κ2) is 6.28. The molecule has 21 heavy (non-hydrogen) atoms. The zero-order valence-electron chi connectivity index (χ0n) is 11.7. The van der Waals surface area contributed by atoms with E-state index in [-0.39, 0.29) is 4.32 Å². The lowest BCUT2D eigenvalue weighted by molar-refractivity contribution is 0.752. The molecule has 3 rings (SSSR count). The summed E-state index contributed by atoms with van der Waals surface area (Å²) < 4.78 is -0.198. The second-order valence-corrected chi connectivity index (χ2v) is 6.55. The quantitative estimate of drug-likeness (QED) is 0.546. The molecule has 0 N–H and O–H groups in total. The minimum atomic E-state index is -0.198. The van der Waals surface area contributed by atoms with Gasteiger partial charge in [-0.05, 0) is 23.1 Å². The first-order valence-electron chi connectivity index (χ1n) is 7.13. The fraction of sp³-hybridized carbons (Fsp3) is 0.100. The summed E-state index contributed by atoms with van der Waals surface area (Å²) in [6.45, 7) is 0. The predicted octanol–water partition coefficient (Wildman–Crippen LogP) is 5.57. The Labute approximate surface area is 134 Å². The standard InChI is InChI=1S/C20H17Br/c21-20(18-12-6-2-7-13-18,19-14-8-3-9-15-19)16-17-10-4-1-5-11-17/h1-15H,16H2. The van der Waals surface area contributed by atoms with Crippen LogP contribution in [0.1, 0.15) is 16.7 Å². The van der Waals surface area contributed by atoms with Gasteiger partial charge in [0.15, 0.2) is 0 Å². The average molecular weight is 337 g/mol. The smallest absolute Gasteiger partial charge is 0.0745 e. The summed E-state index contributed by atoms with van der Waals surface area (Å²) in [5.41, 5.74) is 3.88. The molecule has 0 saturated carbocycles. The van der Waals surface area contributed by atoms with Gasteiger partial charge in [0.05, 0.1) is 4.32 Å². The van der Waals surface area contributed by atoms with Crippen LogP contribution in [-0.4, -0.2) is 0 Å². The fourth-order valence-corrected chi connectivity index (χ4v) is 3.50. The van der Waals surface area contributed by atoms with E-state index in [1.165, 1.54) is 16.7 Å². The molecule has 0 nitrogen and oxygen atoms in total. The molecule has 1 heteroatoms. The molecule has 0 bridgehead atoms. The van der Waals surface area contributed by atoms with Crippen molar-refractivity contribution in [3.63, 3.8) is 0 Å². The second-order valence-electron chi connectivity index (χ2n) is 5.20. The largest absolute Gasteiger partial charge is 0.0794 e. The van der Waals surface area contributed by atoms with Gasteiger partial charge in [-0.3, -0.25) is 0 Å². The SMILES string of the molecule is BrC(Cc1ccccc1)(c1ccccc1)c1ccccc1. The summed E-state index contributed by atoms with van der Waals surface area (Å²) in [5, 5.41) is 0. The third-order valence-electron chi connectivity index (χ3n) is 3.75. The molecule has 3 aromatic rings. The highest BCUT2D eigenvalue weighted by molar-refractivity contribution is 9.09. The van der Waals surface area contributed by atoms with Crippen LogP contribution in [0.5, 0.6) is 0 Å². The van der Waals surface area contributed by atoms with Crippen molar-refractivity contribution in [2.24, 2.45) is 0 Å². The first-order valence-corrected chi connectivity index (χ1v) is 7.92. The summed E-state index contributed by atoms with van der Waals surface area (Å²) in [4.78, 5) is 0. The molecule has 0 radical (unpaired) electrons. The molecule has 0 aromatic heterocycles. The van der Waals surface area contributed by atoms with Crippen molar-refractivity contribution in [2.45, 2.75) is 10.7 Å². The molecule has 0 saturated heterocycles. The zero-order chi connectivity index (χ0) is 14.5. The summed E-state index contributed by atoms with van der Waals surface area (Å²) in [6, 6.07) is 31.9. The first kappa shape index (κ1) is 14.1. The van der Waals surface area contributed by atoms with Crippen LogP contribution in [-0.2, 0) is 10.7 Å². The monoisotopic (exact) mass is 336 g/mol. The van der Waals surface area contributed by atoms with Crippen LogP contribution in [0.2, 0.25) is 0 Å². The van der Waals surface area contributed by atoms with E-state index in [4.69, 9.17) is 0 Å². The Hall–Kier alpha value is -1.86.